The van der Waals surface area contributed by atoms with Crippen molar-refractivity contribution >= 4 is 11.9 Å². The molecule has 1 saturated heterocycles. The van der Waals surface area contributed by atoms with Gasteiger partial charge >= 0.3 is 6.01 Å². The molecular formula is C23H24F2N4O2. The molecule has 1 aromatic heterocycles. The number of amides is 1. The van der Waals surface area contributed by atoms with E-state index in [1.165, 1.54) is 18.9 Å². The first-order valence-electron chi connectivity index (χ1n) is 10.5. The molecule has 1 fully saturated rings. The number of benzene rings is 2. The first kappa shape index (κ1) is 21.0. The number of rotatable bonds is 6. The first-order valence-corrected chi connectivity index (χ1v) is 10.5. The standard InChI is InChI=1S/C23H24F2N4O2/c24-18-11-10-17(15-19(18)25)21(30)26-20(14-16-8-4-3-5-9-16)22-27-28-23(31-22)29-12-6-1-2-7-13-29/h3-5,8-11,15,20H,1-2,6-7,12-14H2,(H,26,30)/t20-/m0/s1. The molecule has 3 aromatic rings. The van der Waals surface area contributed by atoms with E-state index in [-0.39, 0.29) is 11.5 Å². The first-order chi connectivity index (χ1) is 15.1. The maximum Gasteiger partial charge on any atom is 0.318 e. The lowest BCUT2D eigenvalue weighted by molar-refractivity contribution is 0.0929. The van der Waals surface area contributed by atoms with Crippen molar-refractivity contribution < 1.29 is 18.0 Å². The van der Waals surface area contributed by atoms with E-state index in [1.807, 2.05) is 30.3 Å². The Morgan fingerprint density at radius 3 is 2.45 bits per heavy atom. The Morgan fingerprint density at radius 1 is 1.00 bits per heavy atom. The van der Waals surface area contributed by atoms with Gasteiger partial charge in [0.05, 0.1) is 0 Å². The number of carbonyl (C=O) groups excluding carboxylic acids is 1. The van der Waals surface area contributed by atoms with Crippen LogP contribution in [0.3, 0.4) is 0 Å². The predicted molar refractivity (Wildman–Crippen MR) is 112 cm³/mol. The van der Waals surface area contributed by atoms with Gasteiger partial charge in [-0.2, -0.15) is 0 Å². The van der Waals surface area contributed by atoms with Crippen molar-refractivity contribution in [2.45, 2.75) is 38.1 Å². The Bertz CT molecular complexity index is 1020. The minimum absolute atomic E-state index is 0.0178. The van der Waals surface area contributed by atoms with Gasteiger partial charge in [-0.15, -0.1) is 5.10 Å². The number of aromatic nitrogens is 2. The Morgan fingerprint density at radius 2 is 1.74 bits per heavy atom. The van der Waals surface area contributed by atoms with Crippen LogP contribution in [0.25, 0.3) is 0 Å². The number of halogens is 2. The molecule has 0 unspecified atom stereocenters. The fraction of sp³-hybridized carbons (Fsp3) is 0.348. The van der Waals surface area contributed by atoms with Crippen molar-refractivity contribution in [1.29, 1.82) is 0 Å². The molecule has 2 heterocycles. The summed E-state index contributed by atoms with van der Waals surface area (Å²) in [5.41, 5.74) is 0.983. The largest absolute Gasteiger partial charge is 0.406 e. The smallest absolute Gasteiger partial charge is 0.318 e. The number of hydrogen-bond donors (Lipinski definition) is 1. The van der Waals surface area contributed by atoms with Crippen molar-refractivity contribution in [3.05, 3.63) is 77.2 Å². The number of hydrogen-bond acceptors (Lipinski definition) is 5. The summed E-state index contributed by atoms with van der Waals surface area (Å²) in [4.78, 5) is 14.8. The SMILES string of the molecule is O=C(N[C@@H](Cc1ccccc1)c1nnc(N2CCCCCC2)o1)c1ccc(F)c(F)c1. The number of anilines is 1. The molecule has 1 aliphatic rings. The van der Waals surface area contributed by atoms with E-state index in [2.05, 4.69) is 20.4 Å². The van der Waals surface area contributed by atoms with Crippen LogP contribution < -0.4 is 10.2 Å². The normalized spacial score (nSPS) is 15.4. The Balaban J connectivity index is 1.57. The van der Waals surface area contributed by atoms with Crippen LogP contribution in [0.15, 0.2) is 52.9 Å². The lowest BCUT2D eigenvalue weighted by atomic mass is 10.1. The van der Waals surface area contributed by atoms with Gasteiger partial charge in [-0.1, -0.05) is 48.3 Å². The molecule has 8 heteroatoms. The maximum absolute atomic E-state index is 13.6. The Hall–Kier alpha value is -3.29. The zero-order chi connectivity index (χ0) is 21.6. The van der Waals surface area contributed by atoms with Gasteiger partial charge in [0.1, 0.15) is 6.04 Å². The second-order valence-electron chi connectivity index (χ2n) is 7.67. The summed E-state index contributed by atoms with van der Waals surface area (Å²) in [7, 11) is 0. The highest BCUT2D eigenvalue weighted by atomic mass is 19.2. The fourth-order valence-electron chi connectivity index (χ4n) is 3.69. The van der Waals surface area contributed by atoms with Gasteiger partial charge in [-0.3, -0.25) is 4.79 Å². The van der Waals surface area contributed by atoms with Crippen molar-refractivity contribution in [2.24, 2.45) is 0 Å². The molecule has 0 spiro atoms. The van der Waals surface area contributed by atoms with Gasteiger partial charge in [0.2, 0.25) is 5.89 Å². The van der Waals surface area contributed by atoms with Crippen LogP contribution in [0.1, 0.15) is 53.5 Å². The molecule has 6 nitrogen and oxygen atoms in total. The van der Waals surface area contributed by atoms with Gasteiger partial charge < -0.3 is 14.6 Å². The van der Waals surface area contributed by atoms with Crippen LogP contribution in [0, 0.1) is 11.6 Å². The summed E-state index contributed by atoms with van der Waals surface area (Å²) in [6, 6.07) is 12.5. The van der Waals surface area contributed by atoms with Crippen molar-refractivity contribution in [2.75, 3.05) is 18.0 Å². The van der Waals surface area contributed by atoms with E-state index < -0.39 is 23.6 Å². The topological polar surface area (TPSA) is 71.3 Å². The Kier molecular flexibility index (Phi) is 6.54. The molecule has 0 saturated carbocycles. The van der Waals surface area contributed by atoms with E-state index in [0.717, 1.165) is 43.6 Å². The molecule has 0 bridgehead atoms. The quantitative estimate of drug-likeness (QED) is 0.631. The van der Waals surface area contributed by atoms with Crippen LogP contribution in [0.5, 0.6) is 0 Å². The Labute approximate surface area is 179 Å². The van der Waals surface area contributed by atoms with Crippen LogP contribution in [0.4, 0.5) is 14.8 Å². The summed E-state index contributed by atoms with van der Waals surface area (Å²) in [5, 5.41) is 11.2. The van der Waals surface area contributed by atoms with E-state index in [0.29, 0.717) is 12.4 Å². The average molecular weight is 426 g/mol. The molecule has 4 rings (SSSR count). The van der Waals surface area contributed by atoms with Crippen LogP contribution >= 0.6 is 0 Å². The highest BCUT2D eigenvalue weighted by molar-refractivity contribution is 5.94. The van der Waals surface area contributed by atoms with Gasteiger partial charge in [0.25, 0.3) is 5.91 Å². The van der Waals surface area contributed by atoms with Crippen LogP contribution in [0.2, 0.25) is 0 Å². The van der Waals surface area contributed by atoms with Crippen LogP contribution in [-0.2, 0) is 6.42 Å². The molecule has 1 atom stereocenters. The third-order valence-electron chi connectivity index (χ3n) is 5.37. The molecule has 0 radical (unpaired) electrons. The molecule has 1 aliphatic heterocycles. The number of nitrogens with one attached hydrogen (secondary N) is 1. The average Bonchev–Trinajstić information content (AvgIpc) is 3.11. The molecule has 1 N–H and O–H groups in total. The van der Waals surface area contributed by atoms with Gasteiger partial charge in [0, 0.05) is 25.1 Å². The summed E-state index contributed by atoms with van der Waals surface area (Å²) in [6.45, 7) is 1.71. The van der Waals surface area contributed by atoms with Gasteiger partial charge in [-0.25, -0.2) is 8.78 Å². The highest BCUT2D eigenvalue weighted by Crippen LogP contribution is 2.24. The van der Waals surface area contributed by atoms with E-state index >= 15 is 0 Å². The third kappa shape index (κ3) is 5.25. The van der Waals surface area contributed by atoms with Gasteiger partial charge in [-0.05, 0) is 36.6 Å². The monoisotopic (exact) mass is 426 g/mol. The summed E-state index contributed by atoms with van der Waals surface area (Å²) in [5.74, 6) is -2.35. The number of carbonyl (C=O) groups is 1. The summed E-state index contributed by atoms with van der Waals surface area (Å²) < 4.78 is 32.8. The second-order valence-corrected chi connectivity index (χ2v) is 7.67. The zero-order valence-electron chi connectivity index (χ0n) is 17.1. The highest BCUT2D eigenvalue weighted by Gasteiger charge is 2.25. The van der Waals surface area contributed by atoms with E-state index in [4.69, 9.17) is 4.42 Å². The van der Waals surface area contributed by atoms with Crippen LogP contribution in [-0.4, -0.2) is 29.2 Å². The molecule has 162 valence electrons. The zero-order valence-corrected chi connectivity index (χ0v) is 17.1. The number of nitrogens with zero attached hydrogens (tertiary/aromatic N) is 3. The molecule has 0 aliphatic carbocycles. The van der Waals surface area contributed by atoms with Crippen molar-refractivity contribution in [3.63, 3.8) is 0 Å². The van der Waals surface area contributed by atoms with E-state index in [9.17, 15) is 13.6 Å². The van der Waals surface area contributed by atoms with E-state index in [1.54, 1.807) is 0 Å². The molecule has 2 aromatic carbocycles. The molecule has 1 amide bonds. The predicted octanol–water partition coefficient (Wildman–Crippen LogP) is 4.44. The van der Waals surface area contributed by atoms with Crippen molar-refractivity contribution in [1.82, 2.24) is 15.5 Å². The lowest BCUT2D eigenvalue weighted by Gasteiger charge is -2.18. The fourth-order valence-corrected chi connectivity index (χ4v) is 3.69. The molecular weight excluding hydrogens is 402 g/mol. The minimum atomic E-state index is -1.08. The van der Waals surface area contributed by atoms with Crippen molar-refractivity contribution in [3.8, 4) is 0 Å². The molecule has 31 heavy (non-hydrogen) atoms. The summed E-state index contributed by atoms with van der Waals surface area (Å²) >= 11 is 0. The summed E-state index contributed by atoms with van der Waals surface area (Å²) in [6.07, 6.45) is 4.91. The van der Waals surface area contributed by atoms with Gasteiger partial charge in [0.15, 0.2) is 11.6 Å². The maximum atomic E-state index is 13.6. The second kappa shape index (κ2) is 9.68. The minimum Gasteiger partial charge on any atom is -0.406 e. The third-order valence-corrected chi connectivity index (χ3v) is 5.37. The lowest BCUT2D eigenvalue weighted by Crippen LogP contribution is -2.30.